The Hall–Kier alpha value is -0.350. The molecule has 0 radical (unpaired) electrons. The van der Waals surface area contributed by atoms with Gasteiger partial charge in [-0.1, -0.05) is 22.0 Å². The standard InChI is InChI=1S/C10H10Br2O2/c1-6-3-4-8(14-2)9(10(6)12)7(13)5-11/h3-4H,5H2,1-2H3. The minimum Gasteiger partial charge on any atom is -0.496 e. The fourth-order valence-electron chi connectivity index (χ4n) is 1.16. The molecule has 0 saturated carbocycles. The highest BCUT2D eigenvalue weighted by Crippen LogP contribution is 2.30. The molecule has 4 heteroatoms. The average molecular weight is 322 g/mol. The highest BCUT2D eigenvalue weighted by molar-refractivity contribution is 9.10. The van der Waals surface area contributed by atoms with Gasteiger partial charge in [0, 0.05) is 4.47 Å². The van der Waals surface area contributed by atoms with Crippen molar-refractivity contribution in [3.05, 3.63) is 27.7 Å². The van der Waals surface area contributed by atoms with Gasteiger partial charge in [0.1, 0.15) is 5.75 Å². The topological polar surface area (TPSA) is 26.3 Å². The summed E-state index contributed by atoms with van der Waals surface area (Å²) in [6.45, 7) is 1.94. The van der Waals surface area contributed by atoms with Gasteiger partial charge in [0.05, 0.1) is 18.0 Å². The molecule has 1 aromatic carbocycles. The molecule has 0 aliphatic rings. The largest absolute Gasteiger partial charge is 0.496 e. The van der Waals surface area contributed by atoms with Gasteiger partial charge in [0.25, 0.3) is 0 Å². The second-order valence-corrected chi connectivity index (χ2v) is 4.18. The molecule has 0 heterocycles. The maximum atomic E-state index is 11.6. The van der Waals surface area contributed by atoms with Gasteiger partial charge in [-0.05, 0) is 34.5 Å². The van der Waals surface area contributed by atoms with Gasteiger partial charge in [0.15, 0.2) is 5.78 Å². The summed E-state index contributed by atoms with van der Waals surface area (Å²) in [6, 6.07) is 3.71. The molecular weight excluding hydrogens is 312 g/mol. The summed E-state index contributed by atoms with van der Waals surface area (Å²) in [4.78, 5) is 11.6. The number of aryl methyl sites for hydroxylation is 1. The van der Waals surface area contributed by atoms with Crippen molar-refractivity contribution >= 4 is 37.6 Å². The number of ketones is 1. The van der Waals surface area contributed by atoms with Crippen LogP contribution in [0.2, 0.25) is 0 Å². The smallest absolute Gasteiger partial charge is 0.178 e. The lowest BCUT2D eigenvalue weighted by atomic mass is 10.1. The molecule has 14 heavy (non-hydrogen) atoms. The van der Waals surface area contributed by atoms with E-state index in [9.17, 15) is 4.79 Å². The number of halogens is 2. The fourth-order valence-corrected chi connectivity index (χ4v) is 1.99. The molecule has 0 atom stereocenters. The predicted molar refractivity (Wildman–Crippen MR) is 63.6 cm³/mol. The van der Waals surface area contributed by atoms with Crippen LogP contribution in [0.5, 0.6) is 5.75 Å². The lowest BCUT2D eigenvalue weighted by molar-refractivity contribution is 0.102. The Labute approximate surface area is 99.9 Å². The fraction of sp³-hybridized carbons (Fsp3) is 0.300. The van der Waals surface area contributed by atoms with Gasteiger partial charge in [-0.3, -0.25) is 4.79 Å². The minimum absolute atomic E-state index is 0.0115. The van der Waals surface area contributed by atoms with Crippen LogP contribution in [-0.4, -0.2) is 18.2 Å². The van der Waals surface area contributed by atoms with Gasteiger partial charge < -0.3 is 4.74 Å². The van der Waals surface area contributed by atoms with E-state index < -0.39 is 0 Å². The van der Waals surface area contributed by atoms with E-state index in [1.165, 1.54) is 0 Å². The summed E-state index contributed by atoms with van der Waals surface area (Å²) in [7, 11) is 1.56. The molecule has 76 valence electrons. The van der Waals surface area contributed by atoms with Crippen LogP contribution in [0.15, 0.2) is 16.6 Å². The van der Waals surface area contributed by atoms with Gasteiger partial charge in [-0.15, -0.1) is 0 Å². The van der Waals surface area contributed by atoms with Crippen molar-refractivity contribution in [2.24, 2.45) is 0 Å². The third-order valence-corrected chi connectivity index (χ3v) is 3.45. The SMILES string of the molecule is COc1ccc(C)c(Br)c1C(=O)CBr. The highest BCUT2D eigenvalue weighted by Gasteiger charge is 2.16. The van der Waals surface area contributed by atoms with E-state index >= 15 is 0 Å². The van der Waals surface area contributed by atoms with Crippen LogP contribution >= 0.6 is 31.9 Å². The first-order valence-electron chi connectivity index (χ1n) is 4.04. The van der Waals surface area contributed by atoms with Gasteiger partial charge >= 0.3 is 0 Å². The van der Waals surface area contributed by atoms with E-state index in [1.807, 2.05) is 13.0 Å². The molecule has 0 amide bonds. The van der Waals surface area contributed by atoms with Gasteiger partial charge in [0.2, 0.25) is 0 Å². The number of hydrogen-bond donors (Lipinski definition) is 0. The Morgan fingerprint density at radius 1 is 1.50 bits per heavy atom. The predicted octanol–water partition coefficient (Wildman–Crippen LogP) is 3.34. The number of ether oxygens (including phenoxy) is 1. The average Bonchev–Trinajstić information content (AvgIpc) is 2.20. The first kappa shape index (κ1) is 11.7. The maximum absolute atomic E-state index is 11.6. The Balaban J connectivity index is 3.35. The van der Waals surface area contributed by atoms with Crippen molar-refractivity contribution in [2.45, 2.75) is 6.92 Å². The van der Waals surface area contributed by atoms with Crippen LogP contribution in [-0.2, 0) is 0 Å². The minimum atomic E-state index is 0.0115. The number of Topliss-reactive ketones (excluding diaryl/α,β-unsaturated/α-hetero) is 1. The molecule has 0 unspecified atom stereocenters. The number of benzene rings is 1. The van der Waals surface area contributed by atoms with E-state index in [0.717, 1.165) is 10.0 Å². The van der Waals surface area contributed by atoms with Crippen LogP contribution in [0.25, 0.3) is 0 Å². The Kier molecular flexibility index (Phi) is 4.13. The number of alkyl halides is 1. The zero-order chi connectivity index (χ0) is 10.7. The zero-order valence-corrected chi connectivity index (χ0v) is 11.1. The summed E-state index contributed by atoms with van der Waals surface area (Å²) in [5.41, 5.74) is 1.62. The summed E-state index contributed by atoms with van der Waals surface area (Å²) in [5, 5.41) is 0.297. The van der Waals surface area contributed by atoms with Crippen LogP contribution in [0.3, 0.4) is 0 Å². The Morgan fingerprint density at radius 3 is 2.64 bits per heavy atom. The van der Waals surface area contributed by atoms with E-state index in [2.05, 4.69) is 31.9 Å². The van der Waals surface area contributed by atoms with Crippen LogP contribution < -0.4 is 4.74 Å². The number of methoxy groups -OCH3 is 1. The molecule has 0 saturated heterocycles. The number of carbonyl (C=O) groups is 1. The van der Waals surface area contributed by atoms with Crippen molar-refractivity contribution < 1.29 is 9.53 Å². The molecule has 0 aliphatic heterocycles. The van der Waals surface area contributed by atoms with Crippen LogP contribution in [0, 0.1) is 6.92 Å². The molecule has 0 aliphatic carbocycles. The number of carbonyl (C=O) groups excluding carboxylic acids is 1. The van der Waals surface area contributed by atoms with Gasteiger partial charge in [-0.25, -0.2) is 0 Å². The van der Waals surface area contributed by atoms with Crippen molar-refractivity contribution in [3.8, 4) is 5.75 Å². The van der Waals surface area contributed by atoms with Crippen molar-refractivity contribution in [1.29, 1.82) is 0 Å². The van der Waals surface area contributed by atoms with Crippen molar-refractivity contribution in [2.75, 3.05) is 12.4 Å². The Morgan fingerprint density at radius 2 is 2.14 bits per heavy atom. The quantitative estimate of drug-likeness (QED) is 0.630. The maximum Gasteiger partial charge on any atom is 0.178 e. The zero-order valence-electron chi connectivity index (χ0n) is 7.93. The first-order valence-corrected chi connectivity index (χ1v) is 5.95. The molecular formula is C10H10Br2O2. The summed E-state index contributed by atoms with van der Waals surface area (Å²) in [6.07, 6.45) is 0. The van der Waals surface area contributed by atoms with E-state index in [-0.39, 0.29) is 5.78 Å². The van der Waals surface area contributed by atoms with E-state index in [4.69, 9.17) is 4.74 Å². The number of rotatable bonds is 3. The monoisotopic (exact) mass is 320 g/mol. The van der Waals surface area contributed by atoms with Crippen LogP contribution in [0.4, 0.5) is 0 Å². The molecule has 0 aromatic heterocycles. The second kappa shape index (κ2) is 4.94. The molecule has 2 nitrogen and oxygen atoms in total. The summed E-state index contributed by atoms with van der Waals surface area (Å²) in [5.74, 6) is 0.615. The molecule has 1 aromatic rings. The van der Waals surface area contributed by atoms with Crippen molar-refractivity contribution in [3.63, 3.8) is 0 Å². The molecule has 0 N–H and O–H groups in total. The highest BCUT2D eigenvalue weighted by atomic mass is 79.9. The first-order chi connectivity index (χ1) is 6.61. The van der Waals surface area contributed by atoms with E-state index in [1.54, 1.807) is 13.2 Å². The molecule has 0 bridgehead atoms. The van der Waals surface area contributed by atoms with Gasteiger partial charge in [-0.2, -0.15) is 0 Å². The third kappa shape index (κ3) is 2.17. The number of hydrogen-bond acceptors (Lipinski definition) is 2. The lowest BCUT2D eigenvalue weighted by Gasteiger charge is -2.10. The Bertz CT molecular complexity index is 361. The lowest BCUT2D eigenvalue weighted by Crippen LogP contribution is -2.05. The second-order valence-electron chi connectivity index (χ2n) is 2.83. The normalized spacial score (nSPS) is 10.0. The van der Waals surface area contributed by atoms with Crippen LogP contribution in [0.1, 0.15) is 15.9 Å². The van der Waals surface area contributed by atoms with Crippen molar-refractivity contribution in [1.82, 2.24) is 0 Å². The third-order valence-electron chi connectivity index (χ3n) is 1.92. The molecule has 1 rings (SSSR count). The van der Waals surface area contributed by atoms with E-state index in [0.29, 0.717) is 16.6 Å². The summed E-state index contributed by atoms with van der Waals surface area (Å²) < 4.78 is 5.94. The molecule has 0 fully saturated rings. The summed E-state index contributed by atoms with van der Waals surface area (Å²) >= 11 is 6.54. The molecule has 0 spiro atoms.